The number of benzene rings is 1. The van der Waals surface area contributed by atoms with Crippen LogP contribution in [0.25, 0.3) is 0 Å². The minimum absolute atomic E-state index is 0.954. The molecule has 0 spiro atoms. The Morgan fingerprint density at radius 1 is 1.24 bits per heavy atom. The lowest BCUT2D eigenvalue weighted by Gasteiger charge is -2.29. The van der Waals surface area contributed by atoms with Gasteiger partial charge in [-0.05, 0) is 59.4 Å². The smallest absolute Gasteiger partial charge is 0.0510 e. The van der Waals surface area contributed by atoms with E-state index in [4.69, 9.17) is 0 Å². The van der Waals surface area contributed by atoms with Crippen molar-refractivity contribution < 1.29 is 0 Å². The summed E-state index contributed by atoms with van der Waals surface area (Å²) in [5, 5.41) is 3.36. The van der Waals surface area contributed by atoms with E-state index in [1.807, 2.05) is 0 Å². The number of hydrogen-bond donors (Lipinski definition) is 1. The number of halogens is 1. The highest BCUT2D eigenvalue weighted by Gasteiger charge is 2.13. The maximum Gasteiger partial charge on any atom is 0.0510 e. The molecule has 0 aromatic heterocycles. The van der Waals surface area contributed by atoms with Crippen molar-refractivity contribution in [1.82, 2.24) is 5.32 Å². The van der Waals surface area contributed by atoms with Crippen molar-refractivity contribution in [3.8, 4) is 0 Å². The van der Waals surface area contributed by atoms with Gasteiger partial charge in [0.15, 0.2) is 0 Å². The zero-order valence-corrected chi connectivity index (χ0v) is 12.1. The average molecular weight is 297 g/mol. The molecule has 0 aliphatic carbocycles. The third kappa shape index (κ3) is 3.46. The van der Waals surface area contributed by atoms with Crippen LogP contribution in [0.3, 0.4) is 0 Å². The highest BCUT2D eigenvalue weighted by atomic mass is 79.9. The fourth-order valence-corrected chi connectivity index (χ4v) is 3.00. The lowest BCUT2D eigenvalue weighted by molar-refractivity contribution is 0.577. The molecule has 1 aliphatic rings. The van der Waals surface area contributed by atoms with E-state index in [1.165, 1.54) is 48.1 Å². The van der Waals surface area contributed by atoms with Crippen molar-refractivity contribution in [3.05, 3.63) is 28.2 Å². The molecule has 17 heavy (non-hydrogen) atoms. The topological polar surface area (TPSA) is 15.3 Å². The van der Waals surface area contributed by atoms with Crippen LogP contribution in [0, 0.1) is 0 Å². The van der Waals surface area contributed by atoms with Crippen LogP contribution < -0.4 is 10.2 Å². The summed E-state index contributed by atoms with van der Waals surface area (Å²) in [5.41, 5.74) is 2.70. The predicted molar refractivity (Wildman–Crippen MR) is 77.6 cm³/mol. The van der Waals surface area contributed by atoms with Gasteiger partial charge in [-0.15, -0.1) is 0 Å². The minimum atomic E-state index is 0.954. The lowest BCUT2D eigenvalue weighted by Crippen LogP contribution is -2.29. The number of nitrogens with zero attached hydrogens (tertiary/aromatic N) is 1. The Morgan fingerprint density at radius 3 is 2.65 bits per heavy atom. The van der Waals surface area contributed by atoms with Crippen LogP contribution >= 0.6 is 15.9 Å². The van der Waals surface area contributed by atoms with Gasteiger partial charge < -0.3 is 10.2 Å². The Balaban J connectivity index is 2.07. The fourth-order valence-electron chi connectivity index (χ4n) is 2.32. The van der Waals surface area contributed by atoms with Gasteiger partial charge in [0.05, 0.1) is 5.69 Å². The van der Waals surface area contributed by atoms with Crippen molar-refractivity contribution >= 4 is 21.6 Å². The van der Waals surface area contributed by atoms with E-state index >= 15 is 0 Å². The Kier molecular flexibility index (Phi) is 4.86. The largest absolute Gasteiger partial charge is 0.371 e. The lowest BCUT2D eigenvalue weighted by atomic mass is 10.1. The zero-order valence-electron chi connectivity index (χ0n) is 10.5. The maximum absolute atomic E-state index is 3.71. The van der Waals surface area contributed by atoms with E-state index in [0.29, 0.717) is 0 Å². The molecule has 1 fully saturated rings. The Bertz CT molecular complexity index is 359. The van der Waals surface area contributed by atoms with Crippen molar-refractivity contribution in [1.29, 1.82) is 0 Å². The van der Waals surface area contributed by atoms with Crippen molar-refractivity contribution in [2.45, 2.75) is 32.7 Å². The molecule has 94 valence electrons. The van der Waals surface area contributed by atoms with Gasteiger partial charge >= 0.3 is 0 Å². The van der Waals surface area contributed by atoms with Crippen LogP contribution in [0.5, 0.6) is 0 Å². The van der Waals surface area contributed by atoms with Crippen LogP contribution in [-0.2, 0) is 6.54 Å². The first-order valence-electron chi connectivity index (χ1n) is 6.55. The summed E-state index contributed by atoms with van der Waals surface area (Å²) in [6, 6.07) is 6.73. The summed E-state index contributed by atoms with van der Waals surface area (Å²) in [4.78, 5) is 2.49. The molecular formula is C14H21BrN2. The van der Waals surface area contributed by atoms with Crippen LogP contribution in [0.2, 0.25) is 0 Å². The standard InChI is InChI=1S/C14H21BrN2/c1-2-16-11-12-6-7-14(13(15)10-12)17-8-4-3-5-9-17/h6-7,10,16H,2-5,8-9,11H2,1H3. The van der Waals surface area contributed by atoms with Gasteiger partial charge in [-0.2, -0.15) is 0 Å². The monoisotopic (exact) mass is 296 g/mol. The molecule has 0 bridgehead atoms. The molecule has 2 rings (SSSR count). The van der Waals surface area contributed by atoms with Crippen LogP contribution in [0.15, 0.2) is 22.7 Å². The summed E-state index contributed by atoms with van der Waals surface area (Å²) in [5.74, 6) is 0. The molecular weight excluding hydrogens is 276 g/mol. The summed E-state index contributed by atoms with van der Waals surface area (Å²) >= 11 is 3.71. The molecule has 0 atom stereocenters. The molecule has 0 radical (unpaired) electrons. The highest BCUT2D eigenvalue weighted by molar-refractivity contribution is 9.10. The van der Waals surface area contributed by atoms with Gasteiger partial charge in [0.2, 0.25) is 0 Å². The number of rotatable bonds is 4. The number of nitrogens with one attached hydrogen (secondary N) is 1. The second kappa shape index (κ2) is 6.41. The molecule has 2 nitrogen and oxygen atoms in total. The second-order valence-corrected chi connectivity index (χ2v) is 5.47. The predicted octanol–water partition coefficient (Wildman–Crippen LogP) is 3.55. The summed E-state index contributed by atoms with van der Waals surface area (Å²) < 4.78 is 1.23. The second-order valence-electron chi connectivity index (χ2n) is 4.61. The summed E-state index contributed by atoms with van der Waals surface area (Å²) in [6.07, 6.45) is 4.03. The van der Waals surface area contributed by atoms with Crippen molar-refractivity contribution in [2.24, 2.45) is 0 Å². The van der Waals surface area contributed by atoms with E-state index in [1.54, 1.807) is 0 Å². The quantitative estimate of drug-likeness (QED) is 0.914. The van der Waals surface area contributed by atoms with E-state index < -0.39 is 0 Å². The SMILES string of the molecule is CCNCc1ccc(N2CCCCC2)c(Br)c1. The molecule has 0 unspecified atom stereocenters. The average Bonchev–Trinajstić information content (AvgIpc) is 2.37. The fraction of sp³-hybridized carbons (Fsp3) is 0.571. The van der Waals surface area contributed by atoms with Crippen molar-refractivity contribution in [3.63, 3.8) is 0 Å². The van der Waals surface area contributed by atoms with Crippen LogP contribution in [0.1, 0.15) is 31.7 Å². The van der Waals surface area contributed by atoms with E-state index in [9.17, 15) is 0 Å². The Labute approximate surface area is 113 Å². The van der Waals surface area contributed by atoms with Gasteiger partial charge in [0.25, 0.3) is 0 Å². The highest BCUT2D eigenvalue weighted by Crippen LogP contribution is 2.29. The molecule has 0 amide bonds. The van der Waals surface area contributed by atoms with Gasteiger partial charge in [-0.3, -0.25) is 0 Å². The Morgan fingerprint density at radius 2 is 2.00 bits per heavy atom. The molecule has 1 heterocycles. The van der Waals surface area contributed by atoms with Crippen LogP contribution in [-0.4, -0.2) is 19.6 Å². The zero-order chi connectivity index (χ0) is 12.1. The number of anilines is 1. The van der Waals surface area contributed by atoms with E-state index in [2.05, 4.69) is 51.3 Å². The molecule has 1 aromatic carbocycles. The third-order valence-corrected chi connectivity index (χ3v) is 3.92. The number of piperidine rings is 1. The maximum atomic E-state index is 3.71. The number of hydrogen-bond acceptors (Lipinski definition) is 2. The first kappa shape index (κ1) is 12.9. The molecule has 1 saturated heterocycles. The van der Waals surface area contributed by atoms with Gasteiger partial charge in [0, 0.05) is 24.1 Å². The molecule has 0 saturated carbocycles. The minimum Gasteiger partial charge on any atom is -0.371 e. The third-order valence-electron chi connectivity index (χ3n) is 3.29. The van der Waals surface area contributed by atoms with E-state index in [0.717, 1.165) is 13.1 Å². The molecule has 1 aromatic rings. The van der Waals surface area contributed by atoms with Gasteiger partial charge in [-0.1, -0.05) is 13.0 Å². The summed E-state index contributed by atoms with van der Waals surface area (Å²) in [7, 11) is 0. The van der Waals surface area contributed by atoms with E-state index in [-0.39, 0.29) is 0 Å². The molecule has 3 heteroatoms. The Hall–Kier alpha value is -0.540. The molecule has 1 N–H and O–H groups in total. The van der Waals surface area contributed by atoms with Crippen molar-refractivity contribution in [2.75, 3.05) is 24.5 Å². The van der Waals surface area contributed by atoms with Gasteiger partial charge in [0.1, 0.15) is 0 Å². The summed E-state index contributed by atoms with van der Waals surface area (Å²) in [6.45, 7) is 6.51. The van der Waals surface area contributed by atoms with Gasteiger partial charge in [-0.25, -0.2) is 0 Å². The molecule has 1 aliphatic heterocycles. The van der Waals surface area contributed by atoms with Crippen LogP contribution in [0.4, 0.5) is 5.69 Å². The normalized spacial score (nSPS) is 16.2. The first-order chi connectivity index (χ1) is 8.31. The first-order valence-corrected chi connectivity index (χ1v) is 7.34.